The summed E-state index contributed by atoms with van der Waals surface area (Å²) in [4.78, 5) is 15.6. The summed E-state index contributed by atoms with van der Waals surface area (Å²) in [5.41, 5.74) is 6.25. The van der Waals surface area contributed by atoms with Crippen LogP contribution >= 0.6 is 0 Å². The van der Waals surface area contributed by atoms with Crippen LogP contribution in [0.5, 0.6) is 0 Å². The van der Waals surface area contributed by atoms with E-state index >= 15 is 0 Å². The highest BCUT2D eigenvalue weighted by Crippen LogP contribution is 2.18. The number of anilines is 1. The van der Waals surface area contributed by atoms with Gasteiger partial charge in [0.05, 0.1) is 0 Å². The van der Waals surface area contributed by atoms with Crippen LogP contribution in [0.25, 0.3) is 5.69 Å². The number of nitrogens with two attached hydrogens (primary N) is 1. The highest BCUT2D eigenvalue weighted by Gasteiger charge is 2.12. The number of hydrogen-bond acceptors (Lipinski definition) is 4. The lowest BCUT2D eigenvalue weighted by molar-refractivity contribution is -0.117. The van der Waals surface area contributed by atoms with Crippen molar-refractivity contribution in [3.05, 3.63) is 36.7 Å². The number of rotatable bonds is 6. The third-order valence-corrected chi connectivity index (χ3v) is 3.28. The van der Waals surface area contributed by atoms with Crippen molar-refractivity contribution in [3.8, 4) is 5.69 Å². The predicted octanol–water partition coefficient (Wildman–Crippen LogP) is 1.72. The van der Waals surface area contributed by atoms with Gasteiger partial charge in [-0.15, -0.1) is 0 Å². The summed E-state index contributed by atoms with van der Waals surface area (Å²) >= 11 is 0. The Bertz CT molecular complexity index is 595. The fraction of sp³-hybridized carbons (Fsp3) is 0.357. The predicted molar refractivity (Wildman–Crippen MR) is 77.4 cm³/mol. The Morgan fingerprint density at radius 2 is 2.33 bits per heavy atom. The van der Waals surface area contributed by atoms with Crippen LogP contribution in [0.4, 0.5) is 10.1 Å². The molecule has 3 N–H and O–H groups in total. The topological polar surface area (TPSA) is 85.8 Å². The van der Waals surface area contributed by atoms with Crippen LogP contribution < -0.4 is 11.1 Å². The van der Waals surface area contributed by atoms with E-state index in [0.29, 0.717) is 18.7 Å². The molecule has 1 unspecified atom stereocenters. The van der Waals surface area contributed by atoms with Gasteiger partial charge >= 0.3 is 0 Å². The molecule has 0 spiro atoms. The molecule has 0 saturated carbocycles. The van der Waals surface area contributed by atoms with Gasteiger partial charge in [0, 0.05) is 12.1 Å². The zero-order valence-corrected chi connectivity index (χ0v) is 11.8. The van der Waals surface area contributed by atoms with E-state index in [9.17, 15) is 9.18 Å². The monoisotopic (exact) mass is 291 g/mol. The van der Waals surface area contributed by atoms with Gasteiger partial charge in [0.15, 0.2) is 5.82 Å². The van der Waals surface area contributed by atoms with Crippen molar-refractivity contribution in [1.29, 1.82) is 0 Å². The average Bonchev–Trinajstić information content (AvgIpc) is 2.98. The number of hydrogen-bond donors (Lipinski definition) is 2. The summed E-state index contributed by atoms with van der Waals surface area (Å²) in [7, 11) is 0. The SMILES string of the molecule is CCC(CN)CC(=O)Nc1ccc(-n2cncn2)c(F)c1. The number of nitrogens with zero attached hydrogens (tertiary/aromatic N) is 3. The van der Waals surface area contributed by atoms with Gasteiger partial charge in [-0.05, 0) is 30.7 Å². The largest absolute Gasteiger partial charge is 0.330 e. The lowest BCUT2D eigenvalue weighted by Gasteiger charge is -2.12. The summed E-state index contributed by atoms with van der Waals surface area (Å²) in [6, 6.07) is 4.43. The van der Waals surface area contributed by atoms with E-state index in [-0.39, 0.29) is 17.5 Å². The van der Waals surface area contributed by atoms with Gasteiger partial charge in [-0.1, -0.05) is 13.3 Å². The van der Waals surface area contributed by atoms with Crippen LogP contribution in [0.2, 0.25) is 0 Å². The number of nitrogens with one attached hydrogen (secondary N) is 1. The van der Waals surface area contributed by atoms with Crippen molar-refractivity contribution in [2.24, 2.45) is 11.7 Å². The minimum Gasteiger partial charge on any atom is -0.330 e. The minimum absolute atomic E-state index is 0.143. The van der Waals surface area contributed by atoms with Crippen molar-refractivity contribution in [2.45, 2.75) is 19.8 Å². The maximum absolute atomic E-state index is 14.0. The second-order valence-corrected chi connectivity index (χ2v) is 4.77. The van der Waals surface area contributed by atoms with Gasteiger partial charge < -0.3 is 11.1 Å². The average molecular weight is 291 g/mol. The molecule has 1 heterocycles. The van der Waals surface area contributed by atoms with E-state index in [1.54, 1.807) is 12.1 Å². The summed E-state index contributed by atoms with van der Waals surface area (Å²) < 4.78 is 15.3. The van der Waals surface area contributed by atoms with E-state index in [1.165, 1.54) is 23.4 Å². The van der Waals surface area contributed by atoms with Gasteiger partial charge in [-0.2, -0.15) is 5.10 Å². The maximum Gasteiger partial charge on any atom is 0.224 e. The molecule has 1 atom stereocenters. The zero-order chi connectivity index (χ0) is 15.2. The lowest BCUT2D eigenvalue weighted by atomic mass is 10.0. The van der Waals surface area contributed by atoms with Gasteiger partial charge in [0.25, 0.3) is 0 Å². The molecule has 21 heavy (non-hydrogen) atoms. The summed E-state index contributed by atoms with van der Waals surface area (Å²) in [6.45, 7) is 2.45. The standard InChI is InChI=1S/C14H18FN5O/c1-2-10(7-16)5-14(21)19-11-3-4-13(12(15)6-11)20-9-17-8-18-20/h3-4,6,8-10H,2,5,7,16H2,1H3,(H,19,21). The first-order valence-electron chi connectivity index (χ1n) is 6.78. The molecule has 6 nitrogen and oxygen atoms in total. The molecule has 2 aromatic rings. The maximum atomic E-state index is 14.0. The minimum atomic E-state index is -0.482. The fourth-order valence-electron chi connectivity index (χ4n) is 1.97. The molecule has 0 aliphatic carbocycles. The number of carbonyl (C=O) groups is 1. The Hall–Kier alpha value is -2.28. The smallest absolute Gasteiger partial charge is 0.224 e. The van der Waals surface area contributed by atoms with Crippen LogP contribution in [0.1, 0.15) is 19.8 Å². The number of halogens is 1. The second-order valence-electron chi connectivity index (χ2n) is 4.77. The summed E-state index contributed by atoms with van der Waals surface area (Å²) in [5.74, 6) is -0.506. The number of carbonyl (C=O) groups excluding carboxylic acids is 1. The van der Waals surface area contributed by atoms with Gasteiger partial charge in [0.1, 0.15) is 18.3 Å². The molecule has 0 radical (unpaired) electrons. The molecular formula is C14H18FN5O. The molecule has 2 rings (SSSR count). The quantitative estimate of drug-likeness (QED) is 0.848. The Balaban J connectivity index is 2.05. The first kappa shape index (κ1) is 15.1. The molecule has 0 aliphatic heterocycles. The molecular weight excluding hydrogens is 273 g/mol. The number of benzene rings is 1. The van der Waals surface area contributed by atoms with E-state index in [2.05, 4.69) is 15.4 Å². The number of amides is 1. The van der Waals surface area contributed by atoms with Crippen molar-refractivity contribution in [2.75, 3.05) is 11.9 Å². The van der Waals surface area contributed by atoms with E-state index in [4.69, 9.17) is 5.73 Å². The third-order valence-electron chi connectivity index (χ3n) is 3.28. The molecule has 1 aromatic carbocycles. The highest BCUT2D eigenvalue weighted by atomic mass is 19.1. The van der Waals surface area contributed by atoms with Crippen LogP contribution in [0.15, 0.2) is 30.9 Å². The van der Waals surface area contributed by atoms with Gasteiger partial charge in [-0.3, -0.25) is 4.79 Å². The molecule has 1 amide bonds. The first-order chi connectivity index (χ1) is 10.1. The molecule has 0 bridgehead atoms. The molecule has 7 heteroatoms. The fourth-order valence-corrected chi connectivity index (χ4v) is 1.97. The van der Waals surface area contributed by atoms with Crippen LogP contribution in [-0.2, 0) is 4.79 Å². The molecule has 0 fully saturated rings. The Morgan fingerprint density at radius 1 is 1.52 bits per heavy atom. The highest BCUT2D eigenvalue weighted by molar-refractivity contribution is 5.90. The van der Waals surface area contributed by atoms with Crippen LogP contribution in [-0.4, -0.2) is 27.2 Å². The van der Waals surface area contributed by atoms with Gasteiger partial charge in [0.2, 0.25) is 5.91 Å². The van der Waals surface area contributed by atoms with E-state index in [1.807, 2.05) is 6.92 Å². The molecule has 0 saturated heterocycles. The van der Waals surface area contributed by atoms with Crippen molar-refractivity contribution < 1.29 is 9.18 Å². The van der Waals surface area contributed by atoms with Crippen molar-refractivity contribution in [3.63, 3.8) is 0 Å². The normalized spacial score (nSPS) is 12.1. The van der Waals surface area contributed by atoms with Gasteiger partial charge in [-0.25, -0.2) is 14.1 Å². The van der Waals surface area contributed by atoms with E-state index in [0.717, 1.165) is 6.42 Å². The second kappa shape index (κ2) is 6.94. The summed E-state index contributed by atoms with van der Waals surface area (Å²) in [5, 5.41) is 6.54. The number of aromatic nitrogens is 3. The lowest BCUT2D eigenvalue weighted by Crippen LogP contribution is -2.21. The van der Waals surface area contributed by atoms with Crippen molar-refractivity contribution in [1.82, 2.24) is 14.8 Å². The third kappa shape index (κ3) is 3.85. The molecule has 112 valence electrons. The zero-order valence-electron chi connectivity index (χ0n) is 11.8. The Morgan fingerprint density at radius 3 is 2.90 bits per heavy atom. The Labute approximate surface area is 122 Å². The van der Waals surface area contributed by atoms with E-state index < -0.39 is 5.82 Å². The summed E-state index contributed by atoms with van der Waals surface area (Å²) in [6.07, 6.45) is 3.90. The molecule has 0 aliphatic rings. The first-order valence-corrected chi connectivity index (χ1v) is 6.78. The van der Waals surface area contributed by atoms with Crippen molar-refractivity contribution >= 4 is 11.6 Å². The van der Waals surface area contributed by atoms with Crippen LogP contribution in [0, 0.1) is 11.7 Å². The molecule has 1 aromatic heterocycles. The van der Waals surface area contributed by atoms with Crippen LogP contribution in [0.3, 0.4) is 0 Å². The Kier molecular flexibility index (Phi) is 4.99.